The van der Waals surface area contributed by atoms with Gasteiger partial charge in [0.1, 0.15) is 6.04 Å². The minimum Gasteiger partial charge on any atom is -0.339 e. The number of amides is 1. The number of nitrogens with one attached hydrogen (secondary N) is 2. The quantitative estimate of drug-likeness (QED) is 0.735. The average molecular weight is 285 g/mol. The zero-order valence-electron chi connectivity index (χ0n) is 12.5. The predicted molar refractivity (Wildman–Crippen MR) is 83.3 cm³/mol. The van der Waals surface area contributed by atoms with Gasteiger partial charge < -0.3 is 10.6 Å². The monoisotopic (exact) mass is 285 g/mol. The molecule has 4 nitrogen and oxygen atoms in total. The molecule has 2 rings (SSSR count). The number of nitrogens with zero attached hydrogens (tertiary/aromatic N) is 1. The van der Waals surface area contributed by atoms with Crippen LogP contribution >= 0.6 is 0 Å². The van der Waals surface area contributed by atoms with Gasteiger partial charge in [0.2, 0.25) is 5.91 Å². The van der Waals surface area contributed by atoms with Crippen molar-refractivity contribution in [3.05, 3.63) is 36.5 Å². The molecule has 0 aromatic carbocycles. The van der Waals surface area contributed by atoms with Crippen molar-refractivity contribution in [1.29, 1.82) is 5.26 Å². The van der Waals surface area contributed by atoms with Gasteiger partial charge in [0.25, 0.3) is 0 Å². The summed E-state index contributed by atoms with van der Waals surface area (Å²) >= 11 is 0. The molecule has 4 heteroatoms. The third-order valence-electron chi connectivity index (χ3n) is 4.32. The maximum absolute atomic E-state index is 12.3. The molecule has 1 amide bonds. The lowest BCUT2D eigenvalue weighted by Gasteiger charge is -2.23. The SMILES string of the molecule is C=C/C(=C\C=C/C)CC(C#N)NC(=O)[C@H]1N[C@@H]2CC[C@H]1C2. The fourth-order valence-corrected chi connectivity index (χ4v) is 3.22. The molecule has 0 aromatic heterocycles. The van der Waals surface area contributed by atoms with Gasteiger partial charge in [-0.05, 0) is 37.7 Å². The van der Waals surface area contributed by atoms with E-state index in [9.17, 15) is 10.1 Å². The fraction of sp³-hybridized carbons (Fsp3) is 0.529. The molecule has 0 spiro atoms. The highest BCUT2D eigenvalue weighted by Crippen LogP contribution is 2.35. The number of rotatable bonds is 6. The third kappa shape index (κ3) is 3.83. The summed E-state index contributed by atoms with van der Waals surface area (Å²) in [7, 11) is 0. The lowest BCUT2D eigenvalue weighted by molar-refractivity contribution is -0.124. The minimum absolute atomic E-state index is 0.0387. The molecule has 2 N–H and O–H groups in total. The lowest BCUT2D eigenvalue weighted by Crippen LogP contribution is -2.50. The Morgan fingerprint density at radius 2 is 2.38 bits per heavy atom. The Bertz CT molecular complexity index is 501. The van der Waals surface area contributed by atoms with E-state index in [0.717, 1.165) is 18.4 Å². The topological polar surface area (TPSA) is 64.9 Å². The van der Waals surface area contributed by atoms with Crippen LogP contribution in [0.25, 0.3) is 0 Å². The maximum atomic E-state index is 12.3. The smallest absolute Gasteiger partial charge is 0.238 e. The second kappa shape index (κ2) is 7.24. The highest BCUT2D eigenvalue weighted by Gasteiger charge is 2.42. The first kappa shape index (κ1) is 15.5. The van der Waals surface area contributed by atoms with Gasteiger partial charge in [0.15, 0.2) is 0 Å². The molecule has 2 fully saturated rings. The van der Waals surface area contributed by atoms with E-state index in [4.69, 9.17) is 0 Å². The average Bonchev–Trinajstić information content (AvgIpc) is 3.13. The van der Waals surface area contributed by atoms with E-state index in [1.165, 1.54) is 6.42 Å². The number of allylic oxidation sites excluding steroid dienone is 4. The van der Waals surface area contributed by atoms with Crippen LogP contribution in [0.1, 0.15) is 32.6 Å². The summed E-state index contributed by atoms with van der Waals surface area (Å²) in [5.74, 6) is 0.398. The van der Waals surface area contributed by atoms with Crippen LogP contribution in [-0.2, 0) is 4.79 Å². The number of hydrogen-bond acceptors (Lipinski definition) is 3. The maximum Gasteiger partial charge on any atom is 0.238 e. The van der Waals surface area contributed by atoms with Gasteiger partial charge in [-0.15, -0.1) is 0 Å². The third-order valence-corrected chi connectivity index (χ3v) is 4.32. The Morgan fingerprint density at radius 1 is 1.57 bits per heavy atom. The molecule has 0 aromatic rings. The van der Waals surface area contributed by atoms with Gasteiger partial charge in [-0.25, -0.2) is 0 Å². The predicted octanol–water partition coefficient (Wildman–Crippen LogP) is 2.21. The van der Waals surface area contributed by atoms with E-state index in [-0.39, 0.29) is 11.9 Å². The number of nitriles is 1. The molecule has 2 bridgehead atoms. The number of piperidine rings is 1. The minimum atomic E-state index is -0.507. The Labute approximate surface area is 126 Å². The van der Waals surface area contributed by atoms with Crippen molar-refractivity contribution >= 4 is 5.91 Å². The first-order chi connectivity index (χ1) is 10.2. The summed E-state index contributed by atoms with van der Waals surface area (Å²) in [5, 5.41) is 15.5. The highest BCUT2D eigenvalue weighted by atomic mass is 16.2. The summed E-state index contributed by atoms with van der Waals surface area (Å²) in [5.41, 5.74) is 0.945. The fourth-order valence-electron chi connectivity index (χ4n) is 3.22. The number of fused-ring (bicyclic) bond motifs is 2. The molecule has 1 unspecified atom stereocenters. The summed E-state index contributed by atoms with van der Waals surface area (Å²) < 4.78 is 0. The second-order valence-electron chi connectivity index (χ2n) is 5.78. The van der Waals surface area contributed by atoms with Crippen LogP contribution < -0.4 is 10.6 Å². The van der Waals surface area contributed by atoms with Crippen LogP contribution in [0, 0.1) is 17.2 Å². The van der Waals surface area contributed by atoms with Gasteiger partial charge in [0, 0.05) is 12.5 Å². The number of hydrogen-bond donors (Lipinski definition) is 2. The van der Waals surface area contributed by atoms with E-state index in [1.807, 2.05) is 25.2 Å². The lowest BCUT2D eigenvalue weighted by atomic mass is 9.98. The van der Waals surface area contributed by atoms with E-state index in [1.54, 1.807) is 6.08 Å². The largest absolute Gasteiger partial charge is 0.339 e. The molecule has 112 valence electrons. The first-order valence-corrected chi connectivity index (χ1v) is 7.58. The molecule has 4 atom stereocenters. The van der Waals surface area contributed by atoms with Crippen LogP contribution in [0.5, 0.6) is 0 Å². The van der Waals surface area contributed by atoms with Crippen molar-refractivity contribution in [2.45, 2.75) is 50.7 Å². The number of carbonyl (C=O) groups is 1. The Balaban J connectivity index is 1.91. The number of carbonyl (C=O) groups excluding carboxylic acids is 1. The van der Waals surface area contributed by atoms with E-state index >= 15 is 0 Å². The summed E-state index contributed by atoms with van der Waals surface area (Å²) in [4.78, 5) is 12.3. The molecule has 1 saturated heterocycles. The van der Waals surface area contributed by atoms with Crippen LogP contribution in [0.3, 0.4) is 0 Å². The van der Waals surface area contributed by atoms with Gasteiger partial charge in [0.05, 0.1) is 12.1 Å². The zero-order valence-corrected chi connectivity index (χ0v) is 12.5. The molecule has 1 saturated carbocycles. The summed E-state index contributed by atoms with van der Waals surface area (Å²) in [6, 6.07) is 2.03. The Hall–Kier alpha value is -1.86. The van der Waals surface area contributed by atoms with Gasteiger partial charge in [-0.1, -0.05) is 30.9 Å². The highest BCUT2D eigenvalue weighted by molar-refractivity contribution is 5.83. The Kier molecular flexibility index (Phi) is 5.35. The van der Waals surface area contributed by atoms with E-state index in [0.29, 0.717) is 18.4 Å². The standard InChI is InChI=1S/C17H23N3O/c1-3-5-6-12(4-2)9-15(11-18)20-17(21)16-13-7-8-14(10-13)19-16/h3-6,13-16,19H,2,7-10H2,1H3,(H,20,21)/b5-3-,12-6+/t13-,14+,15?,16-/m0/s1. The molecule has 2 aliphatic rings. The molecular weight excluding hydrogens is 262 g/mol. The van der Waals surface area contributed by atoms with Crippen molar-refractivity contribution in [3.8, 4) is 6.07 Å². The van der Waals surface area contributed by atoms with Crippen molar-refractivity contribution in [1.82, 2.24) is 10.6 Å². The van der Waals surface area contributed by atoms with Gasteiger partial charge in [-0.2, -0.15) is 5.26 Å². The zero-order chi connectivity index (χ0) is 15.2. The van der Waals surface area contributed by atoms with Crippen molar-refractivity contribution in [2.75, 3.05) is 0 Å². The van der Waals surface area contributed by atoms with Crippen molar-refractivity contribution < 1.29 is 4.79 Å². The van der Waals surface area contributed by atoms with Crippen molar-refractivity contribution in [2.24, 2.45) is 5.92 Å². The molecule has 1 heterocycles. The molecule has 1 aliphatic heterocycles. The van der Waals surface area contributed by atoms with Crippen LogP contribution in [0.2, 0.25) is 0 Å². The normalized spacial score (nSPS) is 29.3. The molecule has 21 heavy (non-hydrogen) atoms. The summed E-state index contributed by atoms with van der Waals surface area (Å²) in [6.45, 7) is 5.68. The molecule has 0 radical (unpaired) electrons. The van der Waals surface area contributed by atoms with Crippen LogP contribution in [-0.4, -0.2) is 24.0 Å². The van der Waals surface area contributed by atoms with Crippen molar-refractivity contribution in [3.63, 3.8) is 0 Å². The van der Waals surface area contributed by atoms with Gasteiger partial charge in [-0.3, -0.25) is 4.79 Å². The van der Waals surface area contributed by atoms with Crippen LogP contribution in [0.4, 0.5) is 0 Å². The van der Waals surface area contributed by atoms with E-state index < -0.39 is 6.04 Å². The van der Waals surface area contributed by atoms with Crippen LogP contribution in [0.15, 0.2) is 36.5 Å². The molecule has 1 aliphatic carbocycles. The molecular formula is C17H23N3O. The summed E-state index contributed by atoms with van der Waals surface area (Å²) in [6.07, 6.45) is 11.3. The van der Waals surface area contributed by atoms with Gasteiger partial charge >= 0.3 is 0 Å². The van der Waals surface area contributed by atoms with E-state index in [2.05, 4.69) is 23.3 Å². The first-order valence-electron chi connectivity index (χ1n) is 7.58. The Morgan fingerprint density at radius 3 is 2.90 bits per heavy atom. The second-order valence-corrected chi connectivity index (χ2v) is 5.78.